The van der Waals surface area contributed by atoms with Crippen LogP contribution in [0.2, 0.25) is 0 Å². The van der Waals surface area contributed by atoms with Crippen molar-refractivity contribution in [2.75, 3.05) is 26.2 Å². The number of imide groups is 1. The van der Waals surface area contributed by atoms with Crippen molar-refractivity contribution in [1.29, 1.82) is 0 Å². The molecule has 4 amide bonds. The van der Waals surface area contributed by atoms with E-state index in [4.69, 9.17) is 4.74 Å². The summed E-state index contributed by atoms with van der Waals surface area (Å²) < 4.78 is 5.10. The first-order valence-corrected chi connectivity index (χ1v) is 10.3. The zero-order valence-corrected chi connectivity index (χ0v) is 18.6. The van der Waals surface area contributed by atoms with Crippen LogP contribution in [0.15, 0.2) is 36.4 Å². The van der Waals surface area contributed by atoms with Crippen LogP contribution < -0.4 is 5.32 Å². The molecule has 1 aliphatic heterocycles. The molecule has 0 unspecified atom stereocenters. The maximum Gasteiger partial charge on any atom is 0.407 e. The van der Waals surface area contributed by atoms with E-state index in [0.717, 1.165) is 15.2 Å². The smallest absolute Gasteiger partial charge is 0.407 e. The number of alkyl carbamates (subject to hydrolysis) is 1. The third-order valence-electron chi connectivity index (χ3n) is 4.88. The predicted octanol–water partition coefficient (Wildman–Crippen LogP) is 1.87. The van der Waals surface area contributed by atoms with Gasteiger partial charge in [0, 0.05) is 29.6 Å². The molecule has 0 fully saturated rings. The van der Waals surface area contributed by atoms with Gasteiger partial charge in [-0.3, -0.25) is 24.1 Å². The van der Waals surface area contributed by atoms with Crippen LogP contribution in [0.4, 0.5) is 4.79 Å². The Hall–Kier alpha value is -3.95. The van der Waals surface area contributed by atoms with Crippen LogP contribution in [0.1, 0.15) is 41.5 Å². The molecule has 10 nitrogen and oxygen atoms in total. The average molecular weight is 455 g/mol. The lowest BCUT2D eigenvalue weighted by molar-refractivity contribution is -0.144. The molecule has 1 heterocycles. The summed E-state index contributed by atoms with van der Waals surface area (Å²) in [6, 6.07) is 10.1. The number of carbonyl (C=O) groups excluding carboxylic acids is 4. The molecule has 0 saturated heterocycles. The van der Waals surface area contributed by atoms with Crippen LogP contribution in [-0.2, 0) is 14.3 Å². The molecule has 0 spiro atoms. The first-order valence-electron chi connectivity index (χ1n) is 10.3. The number of nitrogens with zero attached hydrogens (tertiary/aromatic N) is 2. The number of nitrogens with one attached hydrogen (secondary N) is 1. The van der Waals surface area contributed by atoms with Crippen molar-refractivity contribution in [3.63, 3.8) is 0 Å². The van der Waals surface area contributed by atoms with Gasteiger partial charge in [0.1, 0.15) is 18.7 Å². The summed E-state index contributed by atoms with van der Waals surface area (Å²) in [6.07, 6.45) is -0.712. The molecule has 3 rings (SSSR count). The molecular weight excluding hydrogens is 430 g/mol. The zero-order chi connectivity index (χ0) is 24.3. The van der Waals surface area contributed by atoms with Crippen LogP contribution >= 0.6 is 0 Å². The molecular formula is C23H25N3O7. The quantitative estimate of drug-likeness (QED) is 0.609. The van der Waals surface area contributed by atoms with Crippen molar-refractivity contribution in [2.45, 2.75) is 26.4 Å². The van der Waals surface area contributed by atoms with E-state index in [2.05, 4.69) is 5.32 Å². The van der Waals surface area contributed by atoms with Gasteiger partial charge >= 0.3 is 12.1 Å². The van der Waals surface area contributed by atoms with E-state index in [1.165, 1.54) is 0 Å². The molecule has 10 heteroatoms. The van der Waals surface area contributed by atoms with E-state index in [1.807, 2.05) is 0 Å². The molecule has 1 aliphatic rings. The Morgan fingerprint density at radius 2 is 1.61 bits per heavy atom. The summed E-state index contributed by atoms with van der Waals surface area (Å²) in [5, 5.41) is 12.9. The molecule has 2 N–H and O–H groups in total. The Morgan fingerprint density at radius 3 is 2.12 bits per heavy atom. The number of aliphatic carboxylic acids is 1. The van der Waals surface area contributed by atoms with Gasteiger partial charge in [-0.15, -0.1) is 0 Å². The number of carboxylic acid groups (broad SMARTS) is 1. The summed E-state index contributed by atoms with van der Waals surface area (Å²) in [5.74, 6) is -3.26. The molecule has 174 valence electrons. The Labute approximate surface area is 190 Å². The number of carbonyl (C=O) groups is 5. The molecule has 0 saturated carbocycles. The first-order chi connectivity index (χ1) is 15.5. The molecule has 0 aromatic heterocycles. The fourth-order valence-corrected chi connectivity index (χ4v) is 3.52. The van der Waals surface area contributed by atoms with E-state index in [1.54, 1.807) is 57.2 Å². The lowest BCUT2D eigenvalue weighted by Gasteiger charge is -2.29. The number of amides is 4. The van der Waals surface area contributed by atoms with Crippen molar-refractivity contribution < 1.29 is 33.8 Å². The number of rotatable bonds is 7. The standard InChI is InChI=1S/C23H25N3O7/c1-23(2,3)33-22(32)24-10-11-25(13-18(28)29)17(27)12-26-20(30)15-8-4-6-14-7-5-9-16(19(14)15)21(26)31/h4-9H,10-13H2,1-3H3,(H,24,32)(H,28,29). The minimum absolute atomic E-state index is 0.0715. The monoisotopic (exact) mass is 455 g/mol. The van der Waals surface area contributed by atoms with Crippen molar-refractivity contribution in [2.24, 2.45) is 0 Å². The minimum atomic E-state index is -1.27. The van der Waals surface area contributed by atoms with Crippen molar-refractivity contribution >= 4 is 40.6 Å². The number of hydrogen-bond donors (Lipinski definition) is 2. The Morgan fingerprint density at radius 1 is 1.03 bits per heavy atom. The number of hydrogen-bond acceptors (Lipinski definition) is 6. The van der Waals surface area contributed by atoms with Crippen LogP contribution in [0.3, 0.4) is 0 Å². The number of ether oxygens (including phenoxy) is 1. The maximum absolute atomic E-state index is 13.0. The number of benzene rings is 2. The highest BCUT2D eigenvalue weighted by atomic mass is 16.6. The van der Waals surface area contributed by atoms with Gasteiger partial charge in [0.15, 0.2) is 0 Å². The lowest BCUT2D eigenvalue weighted by atomic mass is 9.94. The lowest BCUT2D eigenvalue weighted by Crippen LogP contribution is -2.50. The van der Waals surface area contributed by atoms with Gasteiger partial charge in [-0.1, -0.05) is 24.3 Å². The van der Waals surface area contributed by atoms with Crippen molar-refractivity contribution in [1.82, 2.24) is 15.1 Å². The summed E-state index contributed by atoms with van der Waals surface area (Å²) in [7, 11) is 0. The predicted molar refractivity (Wildman–Crippen MR) is 118 cm³/mol. The highest BCUT2D eigenvalue weighted by Gasteiger charge is 2.35. The third kappa shape index (κ3) is 5.46. The van der Waals surface area contributed by atoms with Gasteiger partial charge in [-0.25, -0.2) is 4.79 Å². The van der Waals surface area contributed by atoms with Gasteiger partial charge in [0.2, 0.25) is 5.91 Å². The van der Waals surface area contributed by atoms with Crippen LogP contribution in [-0.4, -0.2) is 76.5 Å². The fraction of sp³-hybridized carbons (Fsp3) is 0.348. The second-order valence-electron chi connectivity index (χ2n) is 8.54. The van der Waals surface area contributed by atoms with E-state index in [9.17, 15) is 29.1 Å². The molecule has 0 bridgehead atoms. The normalized spacial score (nSPS) is 13.1. The van der Waals surface area contributed by atoms with Crippen molar-refractivity contribution in [3.8, 4) is 0 Å². The van der Waals surface area contributed by atoms with Crippen molar-refractivity contribution in [3.05, 3.63) is 47.5 Å². The van der Waals surface area contributed by atoms with Crippen LogP contribution in [0, 0.1) is 0 Å². The van der Waals surface area contributed by atoms with Gasteiger partial charge in [-0.2, -0.15) is 0 Å². The summed E-state index contributed by atoms with van der Waals surface area (Å²) in [4.78, 5) is 63.6. The van der Waals surface area contributed by atoms with Gasteiger partial charge in [0.05, 0.1) is 0 Å². The van der Waals surface area contributed by atoms with Crippen LogP contribution in [0.25, 0.3) is 10.8 Å². The molecule has 33 heavy (non-hydrogen) atoms. The number of carboxylic acids is 1. The SMILES string of the molecule is CC(C)(C)OC(=O)NCCN(CC(=O)O)C(=O)CN1C(=O)c2cccc3cccc(c23)C1=O. The van der Waals surface area contributed by atoms with E-state index in [0.29, 0.717) is 16.5 Å². The molecule has 0 aliphatic carbocycles. The fourth-order valence-electron chi connectivity index (χ4n) is 3.52. The van der Waals surface area contributed by atoms with E-state index < -0.39 is 48.5 Å². The summed E-state index contributed by atoms with van der Waals surface area (Å²) >= 11 is 0. The summed E-state index contributed by atoms with van der Waals surface area (Å²) in [6.45, 7) is 3.58. The second-order valence-corrected chi connectivity index (χ2v) is 8.54. The molecule has 0 atom stereocenters. The Kier molecular flexibility index (Phi) is 6.66. The zero-order valence-electron chi connectivity index (χ0n) is 18.6. The maximum atomic E-state index is 13.0. The Balaban J connectivity index is 1.73. The highest BCUT2D eigenvalue weighted by molar-refractivity contribution is 6.26. The molecule has 2 aromatic carbocycles. The molecule has 2 aromatic rings. The Bertz CT molecular complexity index is 1090. The van der Waals surface area contributed by atoms with E-state index >= 15 is 0 Å². The topological polar surface area (TPSA) is 133 Å². The third-order valence-corrected chi connectivity index (χ3v) is 4.88. The van der Waals surface area contributed by atoms with Crippen LogP contribution in [0.5, 0.6) is 0 Å². The van der Waals surface area contributed by atoms with Gasteiger partial charge in [-0.05, 0) is 38.3 Å². The largest absolute Gasteiger partial charge is 0.480 e. The first kappa shape index (κ1) is 23.7. The highest BCUT2D eigenvalue weighted by Crippen LogP contribution is 2.29. The van der Waals surface area contributed by atoms with E-state index in [-0.39, 0.29) is 13.1 Å². The molecule has 0 radical (unpaired) electrons. The van der Waals surface area contributed by atoms with Gasteiger partial charge < -0.3 is 20.1 Å². The average Bonchev–Trinajstić information content (AvgIpc) is 2.72. The second kappa shape index (κ2) is 9.27. The minimum Gasteiger partial charge on any atom is -0.480 e. The van der Waals surface area contributed by atoms with Gasteiger partial charge in [0.25, 0.3) is 11.8 Å². The summed E-state index contributed by atoms with van der Waals surface area (Å²) in [5.41, 5.74) is -0.117.